The van der Waals surface area contributed by atoms with Crippen LogP contribution in [-0.2, 0) is 22.7 Å². The van der Waals surface area contributed by atoms with Gasteiger partial charge in [0.2, 0.25) is 15.9 Å². The number of pyridine rings is 1. The summed E-state index contributed by atoms with van der Waals surface area (Å²) in [7, 11) is -2.90. The molecule has 0 bridgehead atoms. The van der Waals surface area contributed by atoms with Gasteiger partial charge in [-0.3, -0.25) is 0 Å². The molecule has 0 saturated carbocycles. The zero-order valence-electron chi connectivity index (χ0n) is 12.3. The molecule has 0 spiro atoms. The highest BCUT2D eigenvalue weighted by Gasteiger charge is 2.32. The Balaban J connectivity index is 2.31. The molecule has 2 rings (SSSR count). The Bertz CT molecular complexity index is 841. The van der Waals surface area contributed by atoms with Gasteiger partial charge in [-0.05, 0) is 24.3 Å². The largest absolute Gasteiger partial charge is 0.481 e. The molecule has 1 aromatic carbocycles. The number of halogens is 4. The Labute approximate surface area is 141 Å². The first kappa shape index (κ1) is 18.5. The predicted molar refractivity (Wildman–Crippen MR) is 81.3 cm³/mol. The van der Waals surface area contributed by atoms with Crippen molar-refractivity contribution in [3.05, 3.63) is 52.7 Å². The molecule has 0 unspecified atom stereocenters. The molecule has 5 nitrogen and oxygen atoms in total. The normalized spacial score (nSPS) is 12.2. The third kappa shape index (κ3) is 4.16. The summed E-state index contributed by atoms with van der Waals surface area (Å²) in [6.45, 7) is -0.216. The molecule has 1 N–H and O–H groups in total. The molecule has 24 heavy (non-hydrogen) atoms. The highest BCUT2D eigenvalue weighted by Crippen LogP contribution is 2.33. The van der Waals surface area contributed by atoms with Crippen LogP contribution in [0.1, 0.15) is 11.1 Å². The minimum atomic E-state index is -4.68. The fraction of sp³-hybridized carbons (Fsp3) is 0.214. The maximum absolute atomic E-state index is 12.8. The van der Waals surface area contributed by atoms with E-state index in [2.05, 4.69) is 9.71 Å². The van der Waals surface area contributed by atoms with E-state index < -0.39 is 26.7 Å². The van der Waals surface area contributed by atoms with Gasteiger partial charge >= 0.3 is 6.18 Å². The van der Waals surface area contributed by atoms with Crippen molar-refractivity contribution in [2.24, 2.45) is 0 Å². The third-order valence-electron chi connectivity index (χ3n) is 3.04. The number of hydrogen-bond donors (Lipinski definition) is 1. The van der Waals surface area contributed by atoms with Crippen LogP contribution in [0.2, 0.25) is 5.02 Å². The molecule has 0 aliphatic heterocycles. The van der Waals surface area contributed by atoms with Crippen molar-refractivity contribution in [2.75, 3.05) is 7.11 Å². The number of rotatable bonds is 5. The topological polar surface area (TPSA) is 68.3 Å². The van der Waals surface area contributed by atoms with E-state index in [1.165, 1.54) is 13.3 Å². The molecule has 0 radical (unpaired) electrons. The Morgan fingerprint density at radius 3 is 2.62 bits per heavy atom. The quantitative estimate of drug-likeness (QED) is 0.864. The first-order valence-electron chi connectivity index (χ1n) is 6.49. The number of methoxy groups -OCH3 is 1. The number of aromatic nitrogens is 1. The lowest BCUT2D eigenvalue weighted by atomic mass is 10.2. The van der Waals surface area contributed by atoms with Gasteiger partial charge in [0.05, 0.1) is 17.7 Å². The van der Waals surface area contributed by atoms with Crippen LogP contribution < -0.4 is 9.46 Å². The number of sulfonamides is 1. The van der Waals surface area contributed by atoms with Crippen molar-refractivity contribution >= 4 is 21.6 Å². The predicted octanol–water partition coefficient (Wildman–Crippen LogP) is 3.24. The molecule has 0 amide bonds. The summed E-state index contributed by atoms with van der Waals surface area (Å²) in [5.41, 5.74) is -0.682. The first-order chi connectivity index (χ1) is 11.1. The summed E-state index contributed by atoms with van der Waals surface area (Å²) in [6, 6.07) is 5.24. The van der Waals surface area contributed by atoms with Gasteiger partial charge in [-0.25, -0.2) is 18.1 Å². The Morgan fingerprint density at radius 1 is 1.29 bits per heavy atom. The maximum atomic E-state index is 12.8. The molecular formula is C14H12ClF3N2O3S. The Hall–Kier alpha value is -1.84. The molecule has 130 valence electrons. The van der Waals surface area contributed by atoms with Gasteiger partial charge in [-0.2, -0.15) is 13.2 Å². The lowest BCUT2D eigenvalue weighted by Gasteiger charge is -2.12. The molecule has 1 aromatic heterocycles. The SMILES string of the molecule is COc1ncccc1CNS(=O)(=O)c1cc(C(F)(F)F)ccc1Cl. The van der Waals surface area contributed by atoms with Gasteiger partial charge in [0.1, 0.15) is 4.90 Å². The third-order valence-corrected chi connectivity index (χ3v) is 4.93. The van der Waals surface area contributed by atoms with Crippen LogP contribution in [0.3, 0.4) is 0 Å². The van der Waals surface area contributed by atoms with Gasteiger partial charge in [-0.1, -0.05) is 17.7 Å². The lowest BCUT2D eigenvalue weighted by Crippen LogP contribution is -2.24. The van der Waals surface area contributed by atoms with E-state index in [9.17, 15) is 21.6 Å². The summed E-state index contributed by atoms with van der Waals surface area (Å²) < 4.78 is 70.0. The van der Waals surface area contributed by atoms with Crippen LogP contribution in [-0.4, -0.2) is 20.5 Å². The Kier molecular flexibility index (Phi) is 5.36. The molecule has 10 heteroatoms. The highest BCUT2D eigenvalue weighted by molar-refractivity contribution is 7.89. The number of nitrogens with zero attached hydrogens (tertiary/aromatic N) is 1. The van der Waals surface area contributed by atoms with Crippen LogP contribution in [0.15, 0.2) is 41.4 Å². The van der Waals surface area contributed by atoms with E-state index in [1.54, 1.807) is 12.1 Å². The van der Waals surface area contributed by atoms with Crippen LogP contribution in [0, 0.1) is 0 Å². The van der Waals surface area contributed by atoms with E-state index in [0.717, 1.165) is 6.07 Å². The van der Waals surface area contributed by atoms with Crippen LogP contribution in [0.4, 0.5) is 13.2 Å². The van der Waals surface area contributed by atoms with Crippen molar-refractivity contribution in [2.45, 2.75) is 17.6 Å². The molecule has 0 fully saturated rings. The zero-order chi connectivity index (χ0) is 18.0. The zero-order valence-corrected chi connectivity index (χ0v) is 13.8. The van der Waals surface area contributed by atoms with Gasteiger partial charge in [0, 0.05) is 18.3 Å². The monoisotopic (exact) mass is 380 g/mol. The lowest BCUT2D eigenvalue weighted by molar-refractivity contribution is -0.137. The number of hydrogen-bond acceptors (Lipinski definition) is 4. The summed E-state index contributed by atoms with van der Waals surface area (Å²) in [6.07, 6.45) is -3.22. The number of benzene rings is 1. The molecular weight excluding hydrogens is 369 g/mol. The van der Waals surface area contributed by atoms with Crippen LogP contribution in [0.25, 0.3) is 0 Å². The number of ether oxygens (including phenoxy) is 1. The van der Waals surface area contributed by atoms with Gasteiger partial charge in [0.15, 0.2) is 0 Å². The first-order valence-corrected chi connectivity index (χ1v) is 8.35. The fourth-order valence-corrected chi connectivity index (χ4v) is 3.41. The van der Waals surface area contributed by atoms with Crippen molar-refractivity contribution < 1.29 is 26.3 Å². The van der Waals surface area contributed by atoms with Gasteiger partial charge in [0.25, 0.3) is 0 Å². The second-order valence-corrected chi connectivity index (χ2v) is 6.78. The van der Waals surface area contributed by atoms with Crippen LogP contribution in [0.5, 0.6) is 5.88 Å². The molecule has 1 heterocycles. The smallest absolute Gasteiger partial charge is 0.416 e. The summed E-state index contributed by atoms with van der Waals surface area (Å²) in [4.78, 5) is 3.25. The fourth-order valence-electron chi connectivity index (χ4n) is 1.88. The molecule has 0 atom stereocenters. The Morgan fingerprint density at radius 2 is 2.00 bits per heavy atom. The minimum absolute atomic E-state index is 0.204. The molecule has 0 aliphatic rings. The van der Waals surface area contributed by atoms with Crippen molar-refractivity contribution in [1.29, 1.82) is 0 Å². The van der Waals surface area contributed by atoms with E-state index >= 15 is 0 Å². The van der Waals surface area contributed by atoms with Gasteiger partial charge < -0.3 is 4.74 Å². The van der Waals surface area contributed by atoms with Crippen molar-refractivity contribution in [1.82, 2.24) is 9.71 Å². The van der Waals surface area contributed by atoms with E-state index in [4.69, 9.17) is 16.3 Å². The second kappa shape index (κ2) is 6.96. The summed E-state index contributed by atoms with van der Waals surface area (Å²) in [5, 5.41) is -0.311. The number of alkyl halides is 3. The summed E-state index contributed by atoms with van der Waals surface area (Å²) >= 11 is 5.75. The maximum Gasteiger partial charge on any atom is 0.416 e. The van der Waals surface area contributed by atoms with Crippen molar-refractivity contribution in [3.63, 3.8) is 0 Å². The number of nitrogens with one attached hydrogen (secondary N) is 1. The average Bonchev–Trinajstić information content (AvgIpc) is 2.52. The molecule has 0 aliphatic carbocycles. The minimum Gasteiger partial charge on any atom is -0.481 e. The van der Waals surface area contributed by atoms with E-state index in [1.807, 2.05) is 0 Å². The van der Waals surface area contributed by atoms with E-state index in [0.29, 0.717) is 17.7 Å². The average molecular weight is 381 g/mol. The van der Waals surface area contributed by atoms with Crippen LogP contribution >= 0.6 is 11.6 Å². The van der Waals surface area contributed by atoms with E-state index in [-0.39, 0.29) is 17.4 Å². The van der Waals surface area contributed by atoms with Crippen molar-refractivity contribution in [3.8, 4) is 5.88 Å². The second-order valence-electron chi connectivity index (χ2n) is 4.64. The summed E-state index contributed by atoms with van der Waals surface area (Å²) in [5.74, 6) is 0.204. The molecule has 0 saturated heterocycles. The molecule has 2 aromatic rings. The standard InChI is InChI=1S/C14H12ClF3N2O3S/c1-23-13-9(3-2-6-19-13)8-20-24(21,22)12-7-10(14(16,17)18)4-5-11(12)15/h2-7,20H,8H2,1H3. The highest BCUT2D eigenvalue weighted by atomic mass is 35.5. The van der Waals surface area contributed by atoms with Gasteiger partial charge in [-0.15, -0.1) is 0 Å².